The Morgan fingerprint density at radius 2 is 2.07 bits per heavy atom. The van der Waals surface area contributed by atoms with Crippen LogP contribution in [0, 0.1) is 12.7 Å². The number of aryl methyl sites for hydroxylation is 1. The molecule has 0 fully saturated rings. The number of nitrogens with zero attached hydrogens (tertiary/aromatic N) is 1. The van der Waals surface area contributed by atoms with E-state index in [-0.39, 0.29) is 11.4 Å². The van der Waals surface area contributed by atoms with Crippen LogP contribution < -0.4 is 5.56 Å². The summed E-state index contributed by atoms with van der Waals surface area (Å²) in [7, 11) is 0. The van der Waals surface area contributed by atoms with Crippen molar-refractivity contribution in [1.82, 2.24) is 10.2 Å². The van der Waals surface area contributed by atoms with Gasteiger partial charge in [0.05, 0.1) is 5.69 Å². The van der Waals surface area contributed by atoms with Gasteiger partial charge in [0.2, 0.25) is 0 Å². The third-order valence-corrected chi connectivity index (χ3v) is 2.15. The van der Waals surface area contributed by atoms with Gasteiger partial charge in [-0.25, -0.2) is 9.49 Å². The molecule has 4 heteroatoms. The summed E-state index contributed by atoms with van der Waals surface area (Å²) in [5, 5.41) is 6.12. The predicted molar refractivity (Wildman–Crippen MR) is 55.0 cm³/mol. The summed E-state index contributed by atoms with van der Waals surface area (Å²) < 4.78 is 13.2. The fourth-order valence-corrected chi connectivity index (χ4v) is 1.26. The van der Waals surface area contributed by atoms with Crippen LogP contribution in [0.4, 0.5) is 4.39 Å². The largest absolute Gasteiger partial charge is 0.268 e. The van der Waals surface area contributed by atoms with Gasteiger partial charge in [-0.3, -0.25) is 4.79 Å². The van der Waals surface area contributed by atoms with E-state index in [9.17, 15) is 9.18 Å². The topological polar surface area (TPSA) is 45.8 Å². The first kappa shape index (κ1) is 9.58. The molecule has 0 unspecified atom stereocenters. The molecule has 0 saturated carbocycles. The van der Waals surface area contributed by atoms with Gasteiger partial charge in [0.15, 0.2) is 0 Å². The number of rotatable bonds is 1. The number of aromatic nitrogens is 2. The lowest BCUT2D eigenvalue weighted by Crippen LogP contribution is -2.05. The second-order valence-electron chi connectivity index (χ2n) is 3.27. The molecule has 0 atom stereocenters. The molecule has 0 aliphatic heterocycles. The SMILES string of the molecule is Cc1ccc(-c2ccc(=O)[nH]n2)cc1F. The van der Waals surface area contributed by atoms with Crippen LogP contribution in [-0.4, -0.2) is 10.2 Å². The molecule has 0 bridgehead atoms. The van der Waals surface area contributed by atoms with E-state index in [4.69, 9.17) is 0 Å². The number of hydrogen-bond donors (Lipinski definition) is 1. The molecule has 0 aliphatic rings. The van der Waals surface area contributed by atoms with E-state index in [1.54, 1.807) is 25.1 Å². The van der Waals surface area contributed by atoms with Crippen molar-refractivity contribution in [2.45, 2.75) is 6.92 Å². The summed E-state index contributed by atoms with van der Waals surface area (Å²) >= 11 is 0. The van der Waals surface area contributed by atoms with Crippen LogP contribution in [-0.2, 0) is 0 Å². The Hall–Kier alpha value is -1.97. The fourth-order valence-electron chi connectivity index (χ4n) is 1.26. The molecule has 0 saturated heterocycles. The maximum atomic E-state index is 13.2. The molecule has 0 amide bonds. The van der Waals surface area contributed by atoms with E-state index in [0.29, 0.717) is 16.8 Å². The Bertz CT molecular complexity index is 528. The van der Waals surface area contributed by atoms with Gasteiger partial charge in [0.25, 0.3) is 5.56 Å². The number of aromatic amines is 1. The third-order valence-electron chi connectivity index (χ3n) is 2.15. The molecule has 2 aromatic rings. The van der Waals surface area contributed by atoms with Crippen molar-refractivity contribution in [3.05, 3.63) is 52.1 Å². The zero-order valence-corrected chi connectivity index (χ0v) is 8.12. The van der Waals surface area contributed by atoms with Crippen molar-refractivity contribution < 1.29 is 4.39 Å². The highest BCUT2D eigenvalue weighted by Crippen LogP contribution is 2.18. The van der Waals surface area contributed by atoms with Crippen LogP contribution >= 0.6 is 0 Å². The normalized spacial score (nSPS) is 10.3. The lowest BCUT2D eigenvalue weighted by molar-refractivity contribution is 0.619. The Labute approximate surface area is 85.6 Å². The minimum Gasteiger partial charge on any atom is -0.268 e. The molecule has 1 aromatic carbocycles. The van der Waals surface area contributed by atoms with Crippen LogP contribution in [0.15, 0.2) is 35.1 Å². The minimum absolute atomic E-state index is 0.272. The average Bonchev–Trinajstić information content (AvgIpc) is 2.23. The quantitative estimate of drug-likeness (QED) is 0.770. The molecule has 3 nitrogen and oxygen atoms in total. The predicted octanol–water partition coefficient (Wildman–Crippen LogP) is 1.88. The maximum Gasteiger partial charge on any atom is 0.264 e. The van der Waals surface area contributed by atoms with Crippen molar-refractivity contribution in [1.29, 1.82) is 0 Å². The molecular formula is C11H9FN2O. The van der Waals surface area contributed by atoms with E-state index >= 15 is 0 Å². The summed E-state index contributed by atoms with van der Waals surface area (Å²) in [6.07, 6.45) is 0. The minimum atomic E-state index is -0.277. The molecule has 0 spiro atoms. The standard InChI is InChI=1S/C11H9FN2O/c1-7-2-3-8(6-9(7)12)10-4-5-11(15)14-13-10/h2-6H,1H3,(H,14,15). The van der Waals surface area contributed by atoms with Crippen LogP contribution in [0.25, 0.3) is 11.3 Å². The highest BCUT2D eigenvalue weighted by molar-refractivity contribution is 5.58. The highest BCUT2D eigenvalue weighted by atomic mass is 19.1. The number of nitrogens with one attached hydrogen (secondary N) is 1. The summed E-state index contributed by atoms with van der Waals surface area (Å²) in [5.74, 6) is -0.277. The van der Waals surface area contributed by atoms with E-state index in [2.05, 4.69) is 10.2 Å². The van der Waals surface area contributed by atoms with Crippen LogP contribution in [0.3, 0.4) is 0 Å². The first-order valence-electron chi connectivity index (χ1n) is 4.49. The number of benzene rings is 1. The van der Waals surface area contributed by atoms with Crippen LogP contribution in [0.5, 0.6) is 0 Å². The highest BCUT2D eigenvalue weighted by Gasteiger charge is 2.02. The summed E-state index contributed by atoms with van der Waals surface area (Å²) in [4.78, 5) is 10.8. The van der Waals surface area contributed by atoms with Crippen molar-refractivity contribution >= 4 is 0 Å². The zero-order valence-electron chi connectivity index (χ0n) is 8.12. The van der Waals surface area contributed by atoms with Gasteiger partial charge < -0.3 is 0 Å². The second-order valence-corrected chi connectivity index (χ2v) is 3.27. The Kier molecular flexibility index (Phi) is 2.33. The number of H-pyrrole nitrogens is 1. The van der Waals surface area contributed by atoms with E-state index in [1.165, 1.54) is 12.1 Å². The molecule has 76 valence electrons. The van der Waals surface area contributed by atoms with Crippen molar-refractivity contribution in [2.75, 3.05) is 0 Å². The van der Waals surface area contributed by atoms with Crippen LogP contribution in [0.1, 0.15) is 5.56 Å². The zero-order chi connectivity index (χ0) is 10.8. The van der Waals surface area contributed by atoms with E-state index in [0.717, 1.165) is 0 Å². The first-order valence-corrected chi connectivity index (χ1v) is 4.49. The molecular weight excluding hydrogens is 195 g/mol. The monoisotopic (exact) mass is 204 g/mol. The Morgan fingerprint density at radius 1 is 1.27 bits per heavy atom. The van der Waals surface area contributed by atoms with Crippen LogP contribution in [0.2, 0.25) is 0 Å². The van der Waals surface area contributed by atoms with Gasteiger partial charge in [-0.15, -0.1) is 0 Å². The summed E-state index contributed by atoms with van der Waals surface area (Å²) in [6, 6.07) is 7.76. The molecule has 1 aromatic heterocycles. The van der Waals surface area contributed by atoms with E-state index < -0.39 is 0 Å². The fraction of sp³-hybridized carbons (Fsp3) is 0.0909. The lowest BCUT2D eigenvalue weighted by Gasteiger charge is -2.01. The van der Waals surface area contributed by atoms with Gasteiger partial charge in [0, 0.05) is 11.6 Å². The molecule has 2 rings (SSSR count). The average molecular weight is 204 g/mol. The van der Waals surface area contributed by atoms with Gasteiger partial charge in [-0.1, -0.05) is 12.1 Å². The first-order chi connectivity index (χ1) is 7.16. The van der Waals surface area contributed by atoms with Gasteiger partial charge in [0.1, 0.15) is 5.82 Å². The number of halogens is 1. The lowest BCUT2D eigenvalue weighted by atomic mass is 10.1. The molecule has 0 radical (unpaired) electrons. The van der Waals surface area contributed by atoms with E-state index in [1.807, 2.05) is 0 Å². The van der Waals surface area contributed by atoms with Crippen molar-refractivity contribution in [3.63, 3.8) is 0 Å². The smallest absolute Gasteiger partial charge is 0.264 e. The number of hydrogen-bond acceptors (Lipinski definition) is 2. The molecule has 1 heterocycles. The van der Waals surface area contributed by atoms with Gasteiger partial charge in [-0.05, 0) is 24.6 Å². The van der Waals surface area contributed by atoms with Gasteiger partial charge >= 0.3 is 0 Å². The Balaban J connectivity index is 2.50. The third kappa shape index (κ3) is 1.93. The second kappa shape index (κ2) is 3.65. The molecule has 1 N–H and O–H groups in total. The van der Waals surface area contributed by atoms with Crippen molar-refractivity contribution in [3.8, 4) is 11.3 Å². The Morgan fingerprint density at radius 3 is 2.67 bits per heavy atom. The maximum absolute atomic E-state index is 13.2. The molecule has 15 heavy (non-hydrogen) atoms. The molecule has 0 aliphatic carbocycles. The summed E-state index contributed by atoms with van der Waals surface area (Å²) in [5.41, 5.74) is 1.51. The van der Waals surface area contributed by atoms with Gasteiger partial charge in [-0.2, -0.15) is 5.10 Å². The van der Waals surface area contributed by atoms with Crippen molar-refractivity contribution in [2.24, 2.45) is 0 Å². The summed E-state index contributed by atoms with van der Waals surface area (Å²) in [6.45, 7) is 1.69.